The highest BCUT2D eigenvalue weighted by atomic mass is 16.3. The SMILES string of the molecule is Cc1nn(C)c(C)c1CC(O)C1CC1. The van der Waals surface area contributed by atoms with E-state index >= 15 is 0 Å². The van der Waals surface area contributed by atoms with Crippen LogP contribution in [0.1, 0.15) is 29.8 Å². The molecule has 0 aromatic carbocycles. The molecule has 0 radical (unpaired) electrons. The molecular formula is C11H18N2O. The van der Waals surface area contributed by atoms with Crippen LogP contribution >= 0.6 is 0 Å². The van der Waals surface area contributed by atoms with Crippen molar-refractivity contribution in [3.8, 4) is 0 Å². The second kappa shape index (κ2) is 3.39. The van der Waals surface area contributed by atoms with Gasteiger partial charge in [-0.3, -0.25) is 4.68 Å². The molecule has 1 aliphatic rings. The molecule has 1 unspecified atom stereocenters. The van der Waals surface area contributed by atoms with Crippen molar-refractivity contribution in [2.75, 3.05) is 0 Å². The Labute approximate surface area is 84.7 Å². The summed E-state index contributed by atoms with van der Waals surface area (Å²) >= 11 is 0. The van der Waals surface area contributed by atoms with Crippen molar-refractivity contribution in [2.24, 2.45) is 13.0 Å². The summed E-state index contributed by atoms with van der Waals surface area (Å²) < 4.78 is 1.89. The van der Waals surface area contributed by atoms with Gasteiger partial charge in [-0.2, -0.15) is 5.10 Å². The van der Waals surface area contributed by atoms with Crippen LogP contribution in [0.4, 0.5) is 0 Å². The minimum atomic E-state index is -0.156. The van der Waals surface area contributed by atoms with Crippen molar-refractivity contribution in [1.29, 1.82) is 0 Å². The largest absolute Gasteiger partial charge is 0.392 e. The van der Waals surface area contributed by atoms with Gasteiger partial charge in [-0.1, -0.05) is 0 Å². The molecule has 1 aromatic rings. The summed E-state index contributed by atoms with van der Waals surface area (Å²) in [5, 5.41) is 14.2. The Morgan fingerprint density at radius 2 is 2.14 bits per heavy atom. The van der Waals surface area contributed by atoms with Crippen LogP contribution in [-0.4, -0.2) is 21.0 Å². The Hall–Kier alpha value is -0.830. The molecule has 0 spiro atoms. The number of aliphatic hydroxyl groups excluding tert-OH is 1. The van der Waals surface area contributed by atoms with Gasteiger partial charge < -0.3 is 5.11 Å². The first kappa shape index (κ1) is 9.71. The molecule has 1 atom stereocenters. The van der Waals surface area contributed by atoms with Crippen molar-refractivity contribution in [3.05, 3.63) is 17.0 Å². The maximum Gasteiger partial charge on any atom is 0.0629 e. The van der Waals surface area contributed by atoms with Crippen LogP contribution in [0, 0.1) is 19.8 Å². The number of hydrogen-bond acceptors (Lipinski definition) is 2. The zero-order valence-corrected chi connectivity index (χ0v) is 9.12. The lowest BCUT2D eigenvalue weighted by Crippen LogP contribution is -2.13. The Bertz CT molecular complexity index is 339. The summed E-state index contributed by atoms with van der Waals surface area (Å²) in [4.78, 5) is 0. The fraction of sp³-hybridized carbons (Fsp3) is 0.727. The average Bonchev–Trinajstić information content (AvgIpc) is 2.91. The third-order valence-corrected chi connectivity index (χ3v) is 3.24. The van der Waals surface area contributed by atoms with Gasteiger partial charge in [-0.05, 0) is 38.2 Å². The zero-order valence-electron chi connectivity index (χ0n) is 9.12. The zero-order chi connectivity index (χ0) is 10.3. The molecule has 1 saturated carbocycles. The molecule has 1 N–H and O–H groups in total. The van der Waals surface area contributed by atoms with Gasteiger partial charge in [0.15, 0.2) is 0 Å². The van der Waals surface area contributed by atoms with E-state index in [-0.39, 0.29) is 6.10 Å². The van der Waals surface area contributed by atoms with Gasteiger partial charge in [0.2, 0.25) is 0 Å². The quantitative estimate of drug-likeness (QED) is 0.788. The van der Waals surface area contributed by atoms with Crippen molar-refractivity contribution in [1.82, 2.24) is 9.78 Å². The summed E-state index contributed by atoms with van der Waals surface area (Å²) in [6, 6.07) is 0. The van der Waals surface area contributed by atoms with E-state index in [9.17, 15) is 5.11 Å². The van der Waals surface area contributed by atoms with E-state index in [1.165, 1.54) is 24.1 Å². The van der Waals surface area contributed by atoms with Crippen LogP contribution in [0.5, 0.6) is 0 Å². The van der Waals surface area contributed by atoms with E-state index in [1.807, 2.05) is 18.7 Å². The minimum absolute atomic E-state index is 0.156. The van der Waals surface area contributed by atoms with Crippen LogP contribution in [0.3, 0.4) is 0 Å². The van der Waals surface area contributed by atoms with Gasteiger partial charge >= 0.3 is 0 Å². The molecule has 0 amide bonds. The van der Waals surface area contributed by atoms with Crippen LogP contribution in [0.15, 0.2) is 0 Å². The van der Waals surface area contributed by atoms with Crippen molar-refractivity contribution in [2.45, 2.75) is 39.2 Å². The third kappa shape index (κ3) is 1.69. The van der Waals surface area contributed by atoms with Gasteiger partial charge in [-0.15, -0.1) is 0 Å². The topological polar surface area (TPSA) is 38.0 Å². The van der Waals surface area contributed by atoms with Crippen molar-refractivity contribution in [3.63, 3.8) is 0 Å². The molecule has 2 rings (SSSR count). The van der Waals surface area contributed by atoms with Crippen molar-refractivity contribution >= 4 is 0 Å². The summed E-state index contributed by atoms with van der Waals surface area (Å²) in [7, 11) is 1.95. The van der Waals surface area contributed by atoms with Crippen LogP contribution in [0.2, 0.25) is 0 Å². The normalized spacial score (nSPS) is 18.6. The first-order valence-corrected chi connectivity index (χ1v) is 5.26. The first-order valence-electron chi connectivity index (χ1n) is 5.26. The number of rotatable bonds is 3. The fourth-order valence-electron chi connectivity index (χ4n) is 1.97. The molecule has 1 fully saturated rings. The van der Waals surface area contributed by atoms with E-state index in [4.69, 9.17) is 0 Å². The third-order valence-electron chi connectivity index (χ3n) is 3.24. The number of nitrogens with zero attached hydrogens (tertiary/aromatic N) is 2. The second-order valence-corrected chi connectivity index (χ2v) is 4.38. The monoisotopic (exact) mass is 194 g/mol. The lowest BCUT2D eigenvalue weighted by molar-refractivity contribution is 0.151. The average molecular weight is 194 g/mol. The molecule has 3 nitrogen and oxygen atoms in total. The Kier molecular flexibility index (Phi) is 2.35. The lowest BCUT2D eigenvalue weighted by Gasteiger charge is -2.08. The highest BCUT2D eigenvalue weighted by molar-refractivity contribution is 5.25. The Morgan fingerprint density at radius 3 is 2.57 bits per heavy atom. The molecule has 1 aromatic heterocycles. The maximum absolute atomic E-state index is 9.86. The Balaban J connectivity index is 2.14. The van der Waals surface area contributed by atoms with Gasteiger partial charge in [-0.25, -0.2) is 0 Å². The van der Waals surface area contributed by atoms with Crippen LogP contribution in [0.25, 0.3) is 0 Å². The van der Waals surface area contributed by atoms with Gasteiger partial charge in [0.05, 0.1) is 11.8 Å². The molecule has 3 heteroatoms. The second-order valence-electron chi connectivity index (χ2n) is 4.38. The summed E-state index contributed by atoms with van der Waals surface area (Å²) in [5.41, 5.74) is 3.47. The number of aliphatic hydroxyl groups is 1. The first-order chi connectivity index (χ1) is 6.59. The van der Waals surface area contributed by atoms with Crippen molar-refractivity contribution < 1.29 is 5.11 Å². The molecule has 1 aliphatic carbocycles. The van der Waals surface area contributed by atoms with Gasteiger partial charge in [0.25, 0.3) is 0 Å². The molecule has 0 saturated heterocycles. The van der Waals surface area contributed by atoms with Crippen LogP contribution in [-0.2, 0) is 13.5 Å². The van der Waals surface area contributed by atoms with Gasteiger partial charge in [0, 0.05) is 19.2 Å². The summed E-state index contributed by atoms with van der Waals surface area (Å²) in [5.74, 6) is 0.550. The highest BCUT2D eigenvalue weighted by Gasteiger charge is 2.30. The molecule has 14 heavy (non-hydrogen) atoms. The molecule has 1 heterocycles. The fourth-order valence-corrected chi connectivity index (χ4v) is 1.97. The lowest BCUT2D eigenvalue weighted by atomic mass is 10.0. The maximum atomic E-state index is 9.86. The summed E-state index contributed by atoms with van der Waals surface area (Å²) in [6.07, 6.45) is 3.01. The highest BCUT2D eigenvalue weighted by Crippen LogP contribution is 2.34. The molecule has 78 valence electrons. The number of hydrogen-bond donors (Lipinski definition) is 1. The smallest absolute Gasteiger partial charge is 0.0629 e. The predicted octanol–water partition coefficient (Wildman–Crippen LogP) is 1.35. The van der Waals surface area contributed by atoms with E-state index in [1.54, 1.807) is 0 Å². The predicted molar refractivity (Wildman–Crippen MR) is 55.1 cm³/mol. The van der Waals surface area contributed by atoms with E-state index in [0.717, 1.165) is 12.1 Å². The van der Waals surface area contributed by atoms with Gasteiger partial charge in [0.1, 0.15) is 0 Å². The number of aromatic nitrogens is 2. The minimum Gasteiger partial charge on any atom is -0.392 e. The molecular weight excluding hydrogens is 176 g/mol. The molecule has 0 bridgehead atoms. The van der Waals surface area contributed by atoms with E-state index < -0.39 is 0 Å². The van der Waals surface area contributed by atoms with E-state index in [0.29, 0.717) is 5.92 Å². The number of aryl methyl sites for hydroxylation is 2. The molecule has 0 aliphatic heterocycles. The van der Waals surface area contributed by atoms with E-state index in [2.05, 4.69) is 12.0 Å². The standard InChI is InChI=1S/C11H18N2O/c1-7-10(8(2)13(3)12-7)6-11(14)9-4-5-9/h9,11,14H,4-6H2,1-3H3. The van der Waals surface area contributed by atoms with Crippen LogP contribution < -0.4 is 0 Å². The summed E-state index contributed by atoms with van der Waals surface area (Å²) in [6.45, 7) is 4.08. The Morgan fingerprint density at radius 1 is 1.50 bits per heavy atom.